The van der Waals surface area contributed by atoms with E-state index in [1.807, 2.05) is 12.3 Å². The summed E-state index contributed by atoms with van der Waals surface area (Å²) in [6, 6.07) is 2.55. The highest BCUT2D eigenvalue weighted by Crippen LogP contribution is 2.36. The smallest absolute Gasteiger partial charge is 0.145 e. The third-order valence-corrected chi connectivity index (χ3v) is 3.57. The van der Waals surface area contributed by atoms with Gasteiger partial charge in [0, 0.05) is 24.3 Å². The van der Waals surface area contributed by atoms with Crippen molar-refractivity contribution in [3.8, 4) is 5.75 Å². The van der Waals surface area contributed by atoms with E-state index in [2.05, 4.69) is 23.0 Å². The molecular formula is C14H16N2O. The van der Waals surface area contributed by atoms with Crippen molar-refractivity contribution in [2.75, 3.05) is 6.54 Å². The quantitative estimate of drug-likeness (QED) is 0.806. The number of rotatable bonds is 3. The van der Waals surface area contributed by atoms with Gasteiger partial charge in [-0.2, -0.15) is 0 Å². The molecule has 0 radical (unpaired) electrons. The third-order valence-electron chi connectivity index (χ3n) is 3.57. The lowest BCUT2D eigenvalue weighted by molar-refractivity contribution is 0.262. The molecule has 17 heavy (non-hydrogen) atoms. The van der Waals surface area contributed by atoms with E-state index in [-0.39, 0.29) is 0 Å². The summed E-state index contributed by atoms with van der Waals surface area (Å²) in [6.45, 7) is 4.71. The minimum absolute atomic E-state index is 0.518. The highest BCUT2D eigenvalue weighted by Gasteiger charge is 2.35. The molecule has 2 atom stereocenters. The molecule has 3 rings (SSSR count). The summed E-state index contributed by atoms with van der Waals surface area (Å²) in [5, 5.41) is 3.49. The second kappa shape index (κ2) is 4.34. The molecule has 0 aromatic carbocycles. The molecule has 0 amide bonds. The number of aromatic nitrogens is 1. The van der Waals surface area contributed by atoms with E-state index in [9.17, 15) is 0 Å². The number of fused-ring (bicyclic) bond motifs is 1. The van der Waals surface area contributed by atoms with Crippen LogP contribution < -0.4 is 10.1 Å². The van der Waals surface area contributed by atoms with Crippen molar-refractivity contribution in [1.82, 2.24) is 10.3 Å². The Kier molecular flexibility index (Phi) is 2.69. The minimum atomic E-state index is 0.518. The van der Waals surface area contributed by atoms with Crippen molar-refractivity contribution in [3.05, 3.63) is 42.9 Å². The predicted molar refractivity (Wildman–Crippen MR) is 67.6 cm³/mol. The number of hydrogen-bond donors (Lipinski definition) is 1. The second-order valence-electron chi connectivity index (χ2n) is 4.58. The molecule has 1 aliphatic carbocycles. The van der Waals surface area contributed by atoms with Gasteiger partial charge in [0.15, 0.2) is 0 Å². The van der Waals surface area contributed by atoms with E-state index in [1.54, 1.807) is 6.20 Å². The average molecular weight is 228 g/mol. The Labute approximate surface area is 101 Å². The molecule has 1 aromatic rings. The van der Waals surface area contributed by atoms with Gasteiger partial charge in [0.05, 0.1) is 12.5 Å². The van der Waals surface area contributed by atoms with Gasteiger partial charge in [0.2, 0.25) is 0 Å². The van der Waals surface area contributed by atoms with E-state index in [0.717, 1.165) is 23.8 Å². The number of nitrogens with one attached hydrogen (secondary N) is 1. The molecule has 2 heterocycles. The van der Waals surface area contributed by atoms with Gasteiger partial charge in [0.1, 0.15) is 5.75 Å². The van der Waals surface area contributed by atoms with Crippen LogP contribution >= 0.6 is 0 Å². The molecule has 3 nitrogen and oxygen atoms in total. The molecule has 1 fully saturated rings. The van der Waals surface area contributed by atoms with Gasteiger partial charge in [-0.25, -0.2) is 0 Å². The fourth-order valence-corrected chi connectivity index (χ4v) is 2.65. The van der Waals surface area contributed by atoms with Crippen LogP contribution in [0.4, 0.5) is 0 Å². The maximum Gasteiger partial charge on any atom is 0.145 e. The topological polar surface area (TPSA) is 34.1 Å². The SMILES string of the molecule is C=COc1cncc(C2=CCC[C@H]3CN[C@@H]23)c1. The lowest BCUT2D eigenvalue weighted by Crippen LogP contribution is -2.54. The molecule has 0 spiro atoms. The van der Waals surface area contributed by atoms with Crippen LogP contribution in [0.5, 0.6) is 5.75 Å². The third kappa shape index (κ3) is 1.87. The van der Waals surface area contributed by atoms with Crippen LogP contribution in [0.3, 0.4) is 0 Å². The normalized spacial score (nSPS) is 26.5. The van der Waals surface area contributed by atoms with E-state index in [4.69, 9.17) is 4.74 Å². The van der Waals surface area contributed by atoms with Gasteiger partial charge in [-0.1, -0.05) is 12.7 Å². The van der Waals surface area contributed by atoms with Gasteiger partial charge in [-0.05, 0) is 30.4 Å². The monoisotopic (exact) mass is 228 g/mol. The van der Waals surface area contributed by atoms with Crippen LogP contribution in [-0.4, -0.2) is 17.6 Å². The first kappa shape index (κ1) is 10.5. The van der Waals surface area contributed by atoms with Crippen LogP contribution in [0.25, 0.3) is 5.57 Å². The van der Waals surface area contributed by atoms with Crippen molar-refractivity contribution in [2.45, 2.75) is 18.9 Å². The van der Waals surface area contributed by atoms with Gasteiger partial charge < -0.3 is 10.1 Å². The largest absolute Gasteiger partial charge is 0.464 e. The summed E-state index contributed by atoms with van der Waals surface area (Å²) in [6.07, 6.45) is 9.84. The molecule has 0 unspecified atom stereocenters. The Bertz CT molecular complexity index is 467. The lowest BCUT2D eigenvalue weighted by Gasteiger charge is -2.42. The first-order valence-corrected chi connectivity index (χ1v) is 6.05. The summed E-state index contributed by atoms with van der Waals surface area (Å²) in [5.41, 5.74) is 2.53. The Balaban J connectivity index is 1.90. The molecule has 1 aliphatic heterocycles. The predicted octanol–water partition coefficient (Wildman–Crippen LogP) is 2.37. The zero-order chi connectivity index (χ0) is 11.7. The molecule has 0 saturated carbocycles. The zero-order valence-corrected chi connectivity index (χ0v) is 9.73. The number of ether oxygens (including phenoxy) is 1. The number of hydrogen-bond acceptors (Lipinski definition) is 3. The molecule has 88 valence electrons. The summed E-state index contributed by atoms with van der Waals surface area (Å²) in [4.78, 5) is 4.22. The molecule has 1 aromatic heterocycles. The Morgan fingerprint density at radius 3 is 3.18 bits per heavy atom. The number of allylic oxidation sites excluding steroid dienone is 1. The molecule has 2 aliphatic rings. The molecule has 0 bridgehead atoms. The fraction of sp³-hybridized carbons (Fsp3) is 0.357. The Morgan fingerprint density at radius 2 is 2.41 bits per heavy atom. The van der Waals surface area contributed by atoms with E-state index in [0.29, 0.717) is 6.04 Å². The maximum atomic E-state index is 5.27. The van der Waals surface area contributed by atoms with Crippen molar-refractivity contribution in [3.63, 3.8) is 0 Å². The Hall–Kier alpha value is -1.61. The summed E-state index contributed by atoms with van der Waals surface area (Å²) in [5.74, 6) is 1.55. The Morgan fingerprint density at radius 1 is 1.47 bits per heavy atom. The summed E-state index contributed by atoms with van der Waals surface area (Å²) in [7, 11) is 0. The van der Waals surface area contributed by atoms with Crippen molar-refractivity contribution in [1.29, 1.82) is 0 Å². The fourth-order valence-electron chi connectivity index (χ4n) is 2.65. The van der Waals surface area contributed by atoms with Crippen LogP contribution in [0.1, 0.15) is 18.4 Å². The van der Waals surface area contributed by atoms with Crippen LogP contribution in [-0.2, 0) is 0 Å². The minimum Gasteiger partial charge on any atom is -0.464 e. The summed E-state index contributed by atoms with van der Waals surface area (Å²) >= 11 is 0. The first-order valence-electron chi connectivity index (χ1n) is 6.05. The maximum absolute atomic E-state index is 5.27. The number of nitrogens with zero attached hydrogens (tertiary/aromatic N) is 1. The van der Waals surface area contributed by atoms with Gasteiger partial charge >= 0.3 is 0 Å². The molecular weight excluding hydrogens is 212 g/mol. The summed E-state index contributed by atoms with van der Waals surface area (Å²) < 4.78 is 5.27. The van der Waals surface area contributed by atoms with E-state index in [1.165, 1.54) is 24.7 Å². The van der Waals surface area contributed by atoms with Gasteiger partial charge in [-0.15, -0.1) is 0 Å². The van der Waals surface area contributed by atoms with Crippen molar-refractivity contribution < 1.29 is 4.74 Å². The van der Waals surface area contributed by atoms with E-state index >= 15 is 0 Å². The number of pyridine rings is 1. The van der Waals surface area contributed by atoms with Crippen molar-refractivity contribution >= 4 is 5.57 Å². The van der Waals surface area contributed by atoms with Gasteiger partial charge in [0.25, 0.3) is 0 Å². The molecule has 1 saturated heterocycles. The highest BCUT2D eigenvalue weighted by atomic mass is 16.5. The molecule has 3 heteroatoms. The lowest BCUT2D eigenvalue weighted by atomic mass is 9.76. The van der Waals surface area contributed by atoms with E-state index < -0.39 is 0 Å². The second-order valence-corrected chi connectivity index (χ2v) is 4.58. The molecule has 1 N–H and O–H groups in total. The first-order chi connectivity index (χ1) is 8.38. The zero-order valence-electron chi connectivity index (χ0n) is 9.73. The van der Waals surface area contributed by atoms with Crippen molar-refractivity contribution in [2.24, 2.45) is 5.92 Å². The van der Waals surface area contributed by atoms with Crippen LogP contribution in [0, 0.1) is 5.92 Å². The highest BCUT2D eigenvalue weighted by molar-refractivity contribution is 5.72. The van der Waals surface area contributed by atoms with Crippen LogP contribution in [0.15, 0.2) is 37.4 Å². The van der Waals surface area contributed by atoms with Gasteiger partial charge in [-0.3, -0.25) is 4.98 Å². The average Bonchev–Trinajstić information content (AvgIpc) is 2.31. The standard InChI is InChI=1S/C14H16N2O/c1-2-17-12-6-11(7-15-9-12)13-5-3-4-10-8-16-14(10)13/h2,5-7,9-10,14,16H,1,3-4,8H2/t10-,14+/m0/s1. The van der Waals surface area contributed by atoms with Crippen LogP contribution in [0.2, 0.25) is 0 Å².